The van der Waals surface area contributed by atoms with E-state index in [1.54, 1.807) is 0 Å². The van der Waals surface area contributed by atoms with E-state index in [-0.39, 0.29) is 0 Å². The number of nitrogens with two attached hydrogens (primary N) is 1. The first-order valence-electron chi connectivity index (χ1n) is 9.71. The third-order valence-electron chi connectivity index (χ3n) is 6.33. The molecule has 4 rings (SSSR count). The molecule has 1 nitrogen and oxygen atoms in total. The van der Waals surface area contributed by atoms with Crippen molar-refractivity contribution in [1.29, 1.82) is 0 Å². The Morgan fingerprint density at radius 2 is 2.12 bits per heavy atom. The van der Waals surface area contributed by atoms with Crippen LogP contribution < -0.4 is 5.73 Å². The summed E-state index contributed by atoms with van der Waals surface area (Å²) in [5.74, 6) is 0.564. The van der Waals surface area contributed by atoms with Crippen molar-refractivity contribution in [3.8, 4) is 0 Å². The van der Waals surface area contributed by atoms with Crippen LogP contribution in [-0.2, 0) is 5.21 Å². The molecule has 123 valence electrons. The predicted octanol–water partition coefficient (Wildman–Crippen LogP) is 3.75. The molecule has 25 heavy (non-hydrogen) atoms. The van der Waals surface area contributed by atoms with E-state index >= 15 is 0 Å². The monoisotopic (exact) mass is 324 g/mol. The lowest BCUT2D eigenvalue weighted by Gasteiger charge is -2.31. The smallest absolute Gasteiger partial charge is 0.113 e. The van der Waals surface area contributed by atoms with E-state index in [0.29, 0.717) is 12.0 Å². The molecule has 3 aliphatic rings. The summed E-state index contributed by atoms with van der Waals surface area (Å²) in [5.41, 5.74) is 11.0. The highest BCUT2D eigenvalue weighted by Gasteiger charge is 2.63. The number of rotatable bonds is 5. The Labute approximate surface area is 155 Å². The van der Waals surface area contributed by atoms with E-state index in [2.05, 4.69) is 50.6 Å². The van der Waals surface area contributed by atoms with Gasteiger partial charge in [0.05, 0.1) is 15.7 Å². The van der Waals surface area contributed by atoms with Gasteiger partial charge in [-0.1, -0.05) is 77.8 Å². The molecule has 1 saturated carbocycles. The largest absolute Gasteiger partial charge is 0.328 e. The van der Waals surface area contributed by atoms with Gasteiger partial charge in [-0.15, -0.1) is 0 Å². The topological polar surface area (TPSA) is 26.0 Å². The molecule has 0 amide bonds. The SMILES string of the molecule is [B]C12[B]C1([B])c1cc(C3CCC(N)C3)ccc1C=C2/C=C/CCCC. The fourth-order valence-electron chi connectivity index (χ4n) is 4.58. The summed E-state index contributed by atoms with van der Waals surface area (Å²) in [6.45, 7) is 2.21. The summed E-state index contributed by atoms with van der Waals surface area (Å²) >= 11 is 0. The Morgan fingerprint density at radius 3 is 2.84 bits per heavy atom. The van der Waals surface area contributed by atoms with Crippen LogP contribution in [-0.4, -0.2) is 29.0 Å². The summed E-state index contributed by atoms with van der Waals surface area (Å²) in [7, 11) is 15.5. The minimum Gasteiger partial charge on any atom is -0.328 e. The Morgan fingerprint density at radius 1 is 1.28 bits per heavy atom. The second-order valence-electron chi connectivity index (χ2n) is 8.14. The lowest BCUT2D eigenvalue weighted by molar-refractivity contribution is 0.673. The number of fused-ring (bicyclic) bond motifs is 3. The van der Waals surface area contributed by atoms with Gasteiger partial charge in [-0.05, 0) is 42.7 Å². The first kappa shape index (κ1) is 17.3. The molecule has 4 atom stereocenters. The molecular formula is C21H25B3N. The van der Waals surface area contributed by atoms with E-state index < -0.39 is 10.4 Å². The van der Waals surface area contributed by atoms with Gasteiger partial charge in [0.1, 0.15) is 7.28 Å². The van der Waals surface area contributed by atoms with Gasteiger partial charge in [0.15, 0.2) is 0 Å². The van der Waals surface area contributed by atoms with Crippen molar-refractivity contribution in [3.63, 3.8) is 0 Å². The summed E-state index contributed by atoms with van der Waals surface area (Å²) in [6.07, 6.45) is 13.5. The molecule has 2 N–H and O–H groups in total. The van der Waals surface area contributed by atoms with Crippen LogP contribution in [0.5, 0.6) is 0 Å². The molecule has 1 aromatic carbocycles. The van der Waals surface area contributed by atoms with Crippen LogP contribution in [0.2, 0.25) is 5.21 Å². The predicted molar refractivity (Wildman–Crippen MR) is 109 cm³/mol. The first-order valence-corrected chi connectivity index (χ1v) is 9.71. The van der Waals surface area contributed by atoms with Gasteiger partial charge in [0.25, 0.3) is 0 Å². The van der Waals surface area contributed by atoms with Crippen molar-refractivity contribution < 1.29 is 0 Å². The van der Waals surface area contributed by atoms with Gasteiger partial charge in [0.2, 0.25) is 0 Å². The molecule has 1 aromatic rings. The van der Waals surface area contributed by atoms with Gasteiger partial charge in [0, 0.05) is 6.04 Å². The molecule has 4 heteroatoms. The van der Waals surface area contributed by atoms with Crippen LogP contribution in [0, 0.1) is 0 Å². The summed E-state index contributed by atoms with van der Waals surface area (Å²) in [6, 6.07) is 7.10. The highest BCUT2D eigenvalue weighted by Crippen LogP contribution is 2.66. The molecule has 4 unspecified atom stereocenters. The fourth-order valence-corrected chi connectivity index (χ4v) is 4.58. The Kier molecular flexibility index (Phi) is 4.31. The summed E-state index contributed by atoms with van der Waals surface area (Å²) in [4.78, 5) is 0. The maximum atomic E-state index is 6.73. The van der Waals surface area contributed by atoms with E-state index in [1.165, 1.54) is 36.0 Å². The lowest BCUT2D eigenvalue weighted by atomic mass is 9.57. The third kappa shape index (κ3) is 2.77. The zero-order valence-electron chi connectivity index (χ0n) is 15.2. The quantitative estimate of drug-likeness (QED) is 0.648. The minimum absolute atomic E-state index is 0.341. The molecule has 2 fully saturated rings. The Bertz CT molecular complexity index is 741. The van der Waals surface area contributed by atoms with Gasteiger partial charge in [-0.25, -0.2) is 0 Å². The maximum Gasteiger partial charge on any atom is 0.113 e. The zero-order chi connectivity index (χ0) is 17.7. The lowest BCUT2D eigenvalue weighted by Crippen LogP contribution is -2.21. The van der Waals surface area contributed by atoms with E-state index in [1.807, 2.05) is 0 Å². The molecule has 1 heterocycles. The van der Waals surface area contributed by atoms with Crippen LogP contribution in [0.4, 0.5) is 0 Å². The van der Waals surface area contributed by atoms with Crippen molar-refractivity contribution in [1.82, 2.24) is 0 Å². The van der Waals surface area contributed by atoms with Crippen molar-refractivity contribution in [2.45, 2.75) is 67.8 Å². The molecule has 0 spiro atoms. The van der Waals surface area contributed by atoms with Crippen molar-refractivity contribution in [2.75, 3.05) is 0 Å². The number of benzene rings is 1. The van der Waals surface area contributed by atoms with Crippen LogP contribution in [0.1, 0.15) is 68.1 Å². The highest BCUT2D eigenvalue weighted by atomic mass is 14.6. The van der Waals surface area contributed by atoms with Crippen LogP contribution in [0.3, 0.4) is 0 Å². The van der Waals surface area contributed by atoms with Gasteiger partial charge in [-0.2, -0.15) is 0 Å². The van der Waals surface area contributed by atoms with Gasteiger partial charge >= 0.3 is 0 Å². The molecule has 2 aliphatic carbocycles. The third-order valence-corrected chi connectivity index (χ3v) is 6.33. The minimum atomic E-state index is -0.530. The highest BCUT2D eigenvalue weighted by molar-refractivity contribution is 6.82. The molecule has 1 aliphatic heterocycles. The van der Waals surface area contributed by atoms with Crippen LogP contribution in [0.15, 0.2) is 35.9 Å². The standard InChI is InChI=1S/C21H25B3N/c1-2-3-4-5-6-17-11-16-8-7-15(14-9-10-18(25)12-14)13-19(16)21(23)20(17,22)24-21/h5-8,11,13-14,18H,2-4,9-10,12,25H2,1H3/b6-5+. The number of allylic oxidation sites excluding steroid dienone is 3. The molecule has 0 bridgehead atoms. The zero-order valence-corrected chi connectivity index (χ0v) is 15.2. The number of unbranched alkanes of at least 4 members (excludes halogenated alkanes) is 2. The van der Waals surface area contributed by atoms with Gasteiger partial charge < -0.3 is 5.73 Å². The second-order valence-corrected chi connectivity index (χ2v) is 8.14. The van der Waals surface area contributed by atoms with Crippen molar-refractivity contribution >= 4 is 29.0 Å². The molecule has 0 aromatic heterocycles. The summed E-state index contributed by atoms with van der Waals surface area (Å²) in [5, 5.41) is -1.05. The van der Waals surface area contributed by atoms with Crippen LogP contribution in [0.25, 0.3) is 6.08 Å². The molecule has 5 radical (unpaired) electrons. The van der Waals surface area contributed by atoms with Crippen molar-refractivity contribution in [3.05, 3.63) is 52.6 Å². The number of hydrogen-bond donors (Lipinski definition) is 1. The Hall–Kier alpha value is -1.15. The van der Waals surface area contributed by atoms with E-state index in [4.69, 9.17) is 21.4 Å². The fraction of sp³-hybridized carbons (Fsp3) is 0.524. The average Bonchev–Trinajstić information content (AvgIpc) is 2.95. The van der Waals surface area contributed by atoms with E-state index in [0.717, 1.165) is 24.8 Å². The number of hydrogen-bond acceptors (Lipinski definition) is 1. The second kappa shape index (κ2) is 6.23. The Balaban J connectivity index is 1.65. The maximum absolute atomic E-state index is 6.73. The average molecular weight is 324 g/mol. The van der Waals surface area contributed by atoms with Crippen molar-refractivity contribution in [2.24, 2.45) is 5.73 Å². The molecule has 1 saturated heterocycles. The first-order chi connectivity index (χ1) is 12.0. The summed E-state index contributed by atoms with van der Waals surface area (Å²) < 4.78 is 0. The van der Waals surface area contributed by atoms with Crippen LogP contribution >= 0.6 is 0 Å². The van der Waals surface area contributed by atoms with Gasteiger partial charge in [-0.3, -0.25) is 0 Å². The van der Waals surface area contributed by atoms with E-state index in [9.17, 15) is 0 Å². The molecular weight excluding hydrogens is 299 g/mol. The normalized spacial score (nSPS) is 35.8.